The Balaban J connectivity index is 2.41. The summed E-state index contributed by atoms with van der Waals surface area (Å²) in [5.74, 6) is 1.47. The van der Waals surface area contributed by atoms with Crippen molar-refractivity contribution in [3.63, 3.8) is 0 Å². The number of nitrogens with one attached hydrogen (secondary N) is 1. The number of hydrogen-bond donors (Lipinski definition) is 1. The third-order valence-electron chi connectivity index (χ3n) is 3.10. The number of aromatic nitrogens is 4. The summed E-state index contributed by atoms with van der Waals surface area (Å²) in [6, 6.07) is -0.127. The lowest BCUT2D eigenvalue weighted by Crippen LogP contribution is -2.27. The van der Waals surface area contributed by atoms with Crippen LogP contribution in [0.3, 0.4) is 0 Å². The number of rotatable bonds is 6. The first-order valence-electron chi connectivity index (χ1n) is 6.75. The first kappa shape index (κ1) is 14.5. The second-order valence-corrected chi connectivity index (χ2v) is 4.73. The molecule has 1 unspecified atom stereocenters. The van der Waals surface area contributed by atoms with Crippen LogP contribution in [-0.4, -0.2) is 33.4 Å². The summed E-state index contributed by atoms with van der Waals surface area (Å²) in [5, 5.41) is 7.71. The summed E-state index contributed by atoms with van der Waals surface area (Å²) in [4.78, 5) is 8.87. The van der Waals surface area contributed by atoms with Crippen LogP contribution in [0.25, 0.3) is 0 Å². The quantitative estimate of drug-likeness (QED) is 0.867. The number of ether oxygens (including phenoxy) is 1. The molecule has 108 valence electrons. The van der Waals surface area contributed by atoms with Gasteiger partial charge in [0.25, 0.3) is 0 Å². The van der Waals surface area contributed by atoms with E-state index < -0.39 is 0 Å². The lowest BCUT2D eigenvalue weighted by Gasteiger charge is -2.18. The summed E-state index contributed by atoms with van der Waals surface area (Å²) >= 11 is 0. The number of hydrogen-bond acceptors (Lipinski definition) is 5. The molecular weight excluding hydrogens is 254 g/mol. The molecule has 0 radical (unpaired) electrons. The maximum atomic E-state index is 5.39. The largest absolute Gasteiger partial charge is 0.493 e. The zero-order chi connectivity index (χ0) is 14.5. The maximum absolute atomic E-state index is 5.39. The third-order valence-corrected chi connectivity index (χ3v) is 3.10. The Labute approximate surface area is 119 Å². The Morgan fingerprint density at radius 2 is 2.00 bits per heavy atom. The van der Waals surface area contributed by atoms with Crippen molar-refractivity contribution in [1.29, 1.82) is 0 Å². The smallest absolute Gasteiger partial charge is 0.162 e. The van der Waals surface area contributed by atoms with Crippen molar-refractivity contribution in [3.8, 4) is 5.75 Å². The van der Waals surface area contributed by atoms with Crippen molar-refractivity contribution in [2.45, 2.75) is 26.3 Å². The lowest BCUT2D eigenvalue weighted by molar-refractivity contribution is 0.398. The second-order valence-electron chi connectivity index (χ2n) is 4.73. The molecule has 0 aliphatic rings. The highest BCUT2D eigenvalue weighted by molar-refractivity contribution is 5.32. The fraction of sp³-hybridized carbons (Fsp3) is 0.500. The van der Waals surface area contributed by atoms with Crippen LogP contribution in [-0.2, 0) is 7.05 Å². The molecule has 6 nitrogen and oxygen atoms in total. The van der Waals surface area contributed by atoms with E-state index >= 15 is 0 Å². The van der Waals surface area contributed by atoms with Crippen LogP contribution < -0.4 is 10.1 Å². The van der Waals surface area contributed by atoms with E-state index in [2.05, 4.69) is 27.3 Å². The van der Waals surface area contributed by atoms with E-state index in [4.69, 9.17) is 4.74 Å². The Bertz CT molecular complexity index is 549. The molecule has 20 heavy (non-hydrogen) atoms. The molecule has 0 spiro atoms. The summed E-state index contributed by atoms with van der Waals surface area (Å²) in [7, 11) is 3.54. The molecule has 2 aromatic heterocycles. The fourth-order valence-corrected chi connectivity index (χ4v) is 2.06. The van der Waals surface area contributed by atoms with Crippen LogP contribution in [0.4, 0.5) is 0 Å². The molecule has 0 aliphatic carbocycles. The van der Waals surface area contributed by atoms with Gasteiger partial charge in [0.1, 0.15) is 11.7 Å². The number of nitrogens with zero attached hydrogens (tertiary/aromatic N) is 4. The fourth-order valence-electron chi connectivity index (χ4n) is 2.06. The van der Waals surface area contributed by atoms with Crippen molar-refractivity contribution in [2.75, 3.05) is 13.7 Å². The number of methoxy groups -OCH3 is 1. The number of aryl methyl sites for hydroxylation is 2. The second kappa shape index (κ2) is 6.47. The molecule has 0 amide bonds. The van der Waals surface area contributed by atoms with E-state index in [1.165, 1.54) is 0 Å². The maximum Gasteiger partial charge on any atom is 0.162 e. The van der Waals surface area contributed by atoms with Gasteiger partial charge < -0.3 is 10.1 Å². The van der Waals surface area contributed by atoms with Crippen LogP contribution in [0.1, 0.15) is 36.5 Å². The molecule has 2 rings (SSSR count). The topological polar surface area (TPSA) is 64.9 Å². The minimum absolute atomic E-state index is 0.127. The summed E-state index contributed by atoms with van der Waals surface area (Å²) < 4.78 is 7.19. The van der Waals surface area contributed by atoms with Gasteiger partial charge in [-0.2, -0.15) is 5.10 Å². The van der Waals surface area contributed by atoms with Gasteiger partial charge in [-0.05, 0) is 25.5 Å². The predicted molar refractivity (Wildman–Crippen MR) is 76.7 cm³/mol. The molecule has 2 heterocycles. The minimum atomic E-state index is -0.127. The van der Waals surface area contributed by atoms with Crippen LogP contribution >= 0.6 is 0 Å². The molecule has 1 N–H and O–H groups in total. The summed E-state index contributed by atoms with van der Waals surface area (Å²) in [5.41, 5.74) is 1.98. The monoisotopic (exact) mass is 275 g/mol. The van der Waals surface area contributed by atoms with Gasteiger partial charge in [0.2, 0.25) is 0 Å². The van der Waals surface area contributed by atoms with E-state index in [0.717, 1.165) is 35.8 Å². The van der Waals surface area contributed by atoms with Gasteiger partial charge in [0.05, 0.1) is 13.3 Å². The molecular formula is C14H21N5O. The Kier molecular flexibility index (Phi) is 4.68. The zero-order valence-electron chi connectivity index (χ0n) is 12.4. The van der Waals surface area contributed by atoms with Crippen LogP contribution in [0, 0.1) is 6.92 Å². The average Bonchev–Trinajstić information content (AvgIpc) is 2.82. The molecule has 0 bridgehead atoms. The van der Waals surface area contributed by atoms with E-state index in [1.54, 1.807) is 18.0 Å². The van der Waals surface area contributed by atoms with Gasteiger partial charge in [-0.15, -0.1) is 0 Å². The SMILES string of the molecule is CCCNC(c1ncc(C)cn1)c1c(OC)cnn1C. The lowest BCUT2D eigenvalue weighted by atomic mass is 10.1. The van der Waals surface area contributed by atoms with Crippen molar-refractivity contribution in [3.05, 3.63) is 35.7 Å². The third kappa shape index (κ3) is 2.96. The normalized spacial score (nSPS) is 12.4. The molecule has 1 atom stereocenters. The molecule has 0 aliphatic heterocycles. The van der Waals surface area contributed by atoms with Gasteiger partial charge in [-0.1, -0.05) is 6.92 Å². The van der Waals surface area contributed by atoms with Crippen LogP contribution in [0.15, 0.2) is 18.6 Å². The standard InChI is InChI=1S/C14H21N5O/c1-5-6-15-12(14-16-7-10(2)8-17-14)13-11(20-4)9-18-19(13)3/h7-9,12,15H,5-6H2,1-4H3. The van der Waals surface area contributed by atoms with Gasteiger partial charge in [0.15, 0.2) is 11.6 Å². The first-order valence-corrected chi connectivity index (χ1v) is 6.75. The summed E-state index contributed by atoms with van der Waals surface area (Å²) in [6.45, 7) is 4.97. The predicted octanol–water partition coefficient (Wildman–Crippen LogP) is 1.62. The van der Waals surface area contributed by atoms with Crippen molar-refractivity contribution < 1.29 is 4.74 Å². The van der Waals surface area contributed by atoms with Crippen LogP contribution in [0.2, 0.25) is 0 Å². The highest BCUT2D eigenvalue weighted by atomic mass is 16.5. The van der Waals surface area contributed by atoms with Crippen molar-refractivity contribution in [1.82, 2.24) is 25.1 Å². The molecule has 0 aromatic carbocycles. The minimum Gasteiger partial charge on any atom is -0.493 e. The van der Waals surface area contributed by atoms with Crippen LogP contribution in [0.5, 0.6) is 5.75 Å². The van der Waals surface area contributed by atoms with Gasteiger partial charge >= 0.3 is 0 Å². The van der Waals surface area contributed by atoms with E-state index in [9.17, 15) is 0 Å². The zero-order valence-corrected chi connectivity index (χ0v) is 12.4. The van der Waals surface area contributed by atoms with E-state index in [-0.39, 0.29) is 6.04 Å². The highest BCUT2D eigenvalue weighted by Gasteiger charge is 2.24. The molecule has 6 heteroatoms. The Morgan fingerprint density at radius 3 is 2.60 bits per heavy atom. The van der Waals surface area contributed by atoms with Gasteiger partial charge in [-0.3, -0.25) is 4.68 Å². The summed E-state index contributed by atoms with van der Waals surface area (Å²) in [6.07, 6.45) is 6.39. The average molecular weight is 275 g/mol. The van der Waals surface area contributed by atoms with E-state index in [1.807, 2.05) is 26.4 Å². The van der Waals surface area contributed by atoms with Crippen molar-refractivity contribution in [2.24, 2.45) is 7.05 Å². The Hall–Kier alpha value is -1.95. The molecule has 0 saturated heterocycles. The van der Waals surface area contributed by atoms with Crippen molar-refractivity contribution >= 4 is 0 Å². The molecule has 0 saturated carbocycles. The molecule has 0 fully saturated rings. The van der Waals surface area contributed by atoms with E-state index in [0.29, 0.717) is 0 Å². The molecule has 2 aromatic rings. The van der Waals surface area contributed by atoms with Gasteiger partial charge in [-0.25, -0.2) is 9.97 Å². The highest BCUT2D eigenvalue weighted by Crippen LogP contribution is 2.27. The van der Waals surface area contributed by atoms with Gasteiger partial charge in [0, 0.05) is 19.4 Å². The Morgan fingerprint density at radius 1 is 1.30 bits per heavy atom. The first-order chi connectivity index (χ1) is 9.67.